The van der Waals surface area contributed by atoms with Gasteiger partial charge < -0.3 is 10.7 Å². The first-order valence-electron chi connectivity index (χ1n) is 13.4. The molecule has 3 aromatic carbocycles. The van der Waals surface area contributed by atoms with Crippen molar-refractivity contribution in [3.63, 3.8) is 0 Å². The molecule has 1 saturated heterocycles. The highest BCUT2D eigenvalue weighted by Gasteiger charge is 2.29. The summed E-state index contributed by atoms with van der Waals surface area (Å²) in [6.07, 6.45) is 3.20. The lowest BCUT2D eigenvalue weighted by molar-refractivity contribution is 0.100. The van der Waals surface area contributed by atoms with E-state index in [2.05, 4.69) is 9.71 Å². The van der Waals surface area contributed by atoms with Crippen molar-refractivity contribution in [2.75, 3.05) is 18.8 Å². The van der Waals surface area contributed by atoms with Crippen LogP contribution in [-0.4, -0.2) is 50.9 Å². The fourth-order valence-electron chi connectivity index (χ4n) is 5.38. The average Bonchev–Trinajstić information content (AvgIpc) is 3.41. The molecule has 4 N–H and O–H groups in total. The molecular formula is C29H30Cl2N4O5S2. The van der Waals surface area contributed by atoms with Gasteiger partial charge in [0.2, 0.25) is 20.0 Å². The Morgan fingerprint density at radius 2 is 1.76 bits per heavy atom. The van der Waals surface area contributed by atoms with Gasteiger partial charge in [-0.3, -0.25) is 4.79 Å². The van der Waals surface area contributed by atoms with E-state index >= 15 is 0 Å². The average molecular weight is 650 g/mol. The number of aromatic amines is 1. The first-order chi connectivity index (χ1) is 19.9. The molecule has 0 unspecified atom stereocenters. The van der Waals surface area contributed by atoms with Gasteiger partial charge >= 0.3 is 0 Å². The Bertz CT molecular complexity index is 1880. The number of hydrogen-bond acceptors (Lipinski definition) is 5. The highest BCUT2D eigenvalue weighted by molar-refractivity contribution is 7.89. The molecule has 2 heterocycles. The Kier molecular flexibility index (Phi) is 8.71. The second kappa shape index (κ2) is 12.0. The third kappa shape index (κ3) is 6.22. The number of primary amides is 1. The zero-order valence-electron chi connectivity index (χ0n) is 22.7. The van der Waals surface area contributed by atoms with Crippen LogP contribution in [0.2, 0.25) is 10.0 Å². The van der Waals surface area contributed by atoms with Crippen LogP contribution in [0.4, 0.5) is 0 Å². The monoisotopic (exact) mass is 648 g/mol. The number of amides is 1. The molecule has 0 bridgehead atoms. The highest BCUT2D eigenvalue weighted by Crippen LogP contribution is 2.37. The summed E-state index contributed by atoms with van der Waals surface area (Å²) >= 11 is 12.1. The zero-order chi connectivity index (χ0) is 30.2. The maximum atomic E-state index is 12.9. The largest absolute Gasteiger partial charge is 0.366 e. The van der Waals surface area contributed by atoms with E-state index < -0.39 is 26.0 Å². The number of carbonyl (C=O) groups excluding carboxylic acids is 1. The van der Waals surface area contributed by atoms with E-state index in [-0.39, 0.29) is 33.2 Å². The molecular weight excluding hydrogens is 619 g/mol. The van der Waals surface area contributed by atoms with Crippen molar-refractivity contribution in [1.29, 1.82) is 0 Å². The van der Waals surface area contributed by atoms with Gasteiger partial charge in [-0.25, -0.2) is 25.9 Å². The van der Waals surface area contributed by atoms with Gasteiger partial charge in [0.15, 0.2) is 0 Å². The Hall–Kier alpha value is -2.93. The van der Waals surface area contributed by atoms with Crippen LogP contribution < -0.4 is 10.5 Å². The summed E-state index contributed by atoms with van der Waals surface area (Å²) in [5, 5.41) is 1.16. The van der Waals surface area contributed by atoms with Crippen LogP contribution in [0.25, 0.3) is 22.0 Å². The second-order valence-corrected chi connectivity index (χ2v) is 15.1. The van der Waals surface area contributed by atoms with Crippen LogP contribution in [-0.2, 0) is 26.6 Å². The minimum atomic E-state index is -3.93. The Morgan fingerprint density at radius 3 is 2.45 bits per heavy atom. The summed E-state index contributed by atoms with van der Waals surface area (Å²) in [6.45, 7) is 2.52. The highest BCUT2D eigenvalue weighted by atomic mass is 35.5. The van der Waals surface area contributed by atoms with Crippen LogP contribution >= 0.6 is 23.2 Å². The number of fused-ring (bicyclic) bond motifs is 1. The number of H-pyrrole nitrogens is 1. The SMILES string of the molecule is CCS(=O)(=O)N1CCC(c2c[nH]c3c(C(N)=O)cc(-c4cccc(CNS(=O)(=O)c5cc(Cl)ccc5Cl)c4)cc23)CC1. The number of halogens is 2. The van der Waals surface area contributed by atoms with Gasteiger partial charge in [0.25, 0.3) is 5.91 Å². The quantitative estimate of drug-likeness (QED) is 0.227. The zero-order valence-corrected chi connectivity index (χ0v) is 25.9. The lowest BCUT2D eigenvalue weighted by atomic mass is 9.88. The molecule has 13 heteroatoms. The number of sulfonamides is 2. The predicted molar refractivity (Wildman–Crippen MR) is 166 cm³/mol. The smallest absolute Gasteiger partial charge is 0.250 e. The molecule has 5 rings (SSSR count). The molecule has 9 nitrogen and oxygen atoms in total. The number of nitrogens with two attached hydrogens (primary N) is 1. The summed E-state index contributed by atoms with van der Waals surface area (Å²) in [4.78, 5) is 15.6. The van der Waals surface area contributed by atoms with Crippen molar-refractivity contribution in [3.8, 4) is 11.1 Å². The minimum absolute atomic E-state index is 0.00141. The topological polar surface area (TPSA) is 142 Å². The Morgan fingerprint density at radius 1 is 1.02 bits per heavy atom. The van der Waals surface area contributed by atoms with Crippen molar-refractivity contribution in [2.45, 2.75) is 37.1 Å². The molecule has 1 fully saturated rings. The second-order valence-electron chi connectivity index (χ2n) is 10.2. The number of rotatable bonds is 9. The fourth-order valence-corrected chi connectivity index (χ4v) is 8.29. The van der Waals surface area contributed by atoms with Crippen LogP contribution in [0.1, 0.15) is 47.2 Å². The molecule has 4 aromatic rings. The van der Waals surface area contributed by atoms with Gasteiger partial charge in [-0.1, -0.05) is 41.4 Å². The molecule has 42 heavy (non-hydrogen) atoms. The summed E-state index contributed by atoms with van der Waals surface area (Å²) in [7, 11) is -7.18. The lowest BCUT2D eigenvalue weighted by Gasteiger charge is -2.31. The molecule has 1 aliphatic rings. The van der Waals surface area contributed by atoms with E-state index in [0.717, 1.165) is 22.1 Å². The first kappa shape index (κ1) is 30.5. The van der Waals surface area contributed by atoms with Gasteiger partial charge in [-0.05, 0) is 84.3 Å². The molecule has 0 aliphatic carbocycles. The summed E-state index contributed by atoms with van der Waals surface area (Å²) in [5.41, 5.74) is 9.94. The van der Waals surface area contributed by atoms with Gasteiger partial charge in [-0.2, -0.15) is 0 Å². The predicted octanol–water partition coefficient (Wildman–Crippen LogP) is 5.25. The molecule has 0 atom stereocenters. The molecule has 222 valence electrons. The number of nitrogens with one attached hydrogen (secondary N) is 2. The maximum Gasteiger partial charge on any atom is 0.250 e. The van der Waals surface area contributed by atoms with Crippen molar-refractivity contribution in [3.05, 3.63) is 87.5 Å². The number of carbonyl (C=O) groups is 1. The number of benzene rings is 3. The van der Waals surface area contributed by atoms with E-state index in [1.54, 1.807) is 29.4 Å². The maximum absolute atomic E-state index is 12.9. The molecule has 1 aromatic heterocycles. The van der Waals surface area contributed by atoms with Gasteiger partial charge in [-0.15, -0.1) is 0 Å². The lowest BCUT2D eigenvalue weighted by Crippen LogP contribution is -2.38. The first-order valence-corrected chi connectivity index (χ1v) is 17.2. The van der Waals surface area contributed by atoms with E-state index in [0.29, 0.717) is 42.6 Å². The van der Waals surface area contributed by atoms with Crippen molar-refractivity contribution in [1.82, 2.24) is 14.0 Å². The molecule has 1 amide bonds. The summed E-state index contributed by atoms with van der Waals surface area (Å²) in [5.74, 6) is -0.399. The van der Waals surface area contributed by atoms with Crippen molar-refractivity contribution in [2.24, 2.45) is 5.73 Å². The van der Waals surface area contributed by atoms with E-state index in [1.165, 1.54) is 18.2 Å². The van der Waals surface area contributed by atoms with Crippen LogP contribution in [0.15, 0.2) is 65.7 Å². The van der Waals surface area contributed by atoms with E-state index in [9.17, 15) is 21.6 Å². The number of aromatic nitrogens is 1. The molecule has 0 spiro atoms. The molecule has 1 aliphatic heterocycles. The third-order valence-electron chi connectivity index (χ3n) is 7.65. The van der Waals surface area contributed by atoms with E-state index in [4.69, 9.17) is 28.9 Å². The molecule has 0 radical (unpaired) electrons. The summed E-state index contributed by atoms with van der Waals surface area (Å²) in [6, 6.07) is 15.3. The van der Waals surface area contributed by atoms with E-state index in [1.807, 2.05) is 24.4 Å². The van der Waals surface area contributed by atoms with Gasteiger partial charge in [0.1, 0.15) is 4.90 Å². The van der Waals surface area contributed by atoms with Gasteiger partial charge in [0.05, 0.1) is 21.9 Å². The standard InChI is InChI=1S/C29H30Cl2N4O5S2/c1-2-41(37,38)35-10-8-19(9-11-35)25-17-33-28-23(25)13-21(14-24(28)29(32)36)20-5-3-4-18(12-20)16-34-42(39,40)27-15-22(30)6-7-26(27)31/h3-7,12-15,17,19,33-34H,2,8-11,16H2,1H3,(H2,32,36). The Balaban J connectivity index is 1.44. The minimum Gasteiger partial charge on any atom is -0.366 e. The normalized spacial score (nSPS) is 15.3. The number of nitrogens with zero attached hydrogens (tertiary/aromatic N) is 1. The van der Waals surface area contributed by atoms with Gasteiger partial charge in [0, 0.05) is 36.2 Å². The van der Waals surface area contributed by atoms with Crippen LogP contribution in [0.5, 0.6) is 0 Å². The molecule has 0 saturated carbocycles. The fraction of sp³-hybridized carbons (Fsp3) is 0.276. The number of hydrogen-bond donors (Lipinski definition) is 3. The van der Waals surface area contributed by atoms with Crippen molar-refractivity contribution < 1.29 is 21.6 Å². The van der Waals surface area contributed by atoms with Crippen LogP contribution in [0, 0.1) is 0 Å². The third-order valence-corrected chi connectivity index (χ3v) is 11.6. The summed E-state index contributed by atoms with van der Waals surface area (Å²) < 4.78 is 54.6. The Labute approximate surface area is 255 Å². The van der Waals surface area contributed by atoms with Crippen LogP contribution in [0.3, 0.4) is 0 Å². The van der Waals surface area contributed by atoms with Crippen molar-refractivity contribution >= 4 is 60.1 Å². The number of piperidine rings is 1.